The third kappa shape index (κ3) is 1.70. The zero-order chi connectivity index (χ0) is 11.8. The molecule has 3 rings (SSSR count). The minimum Gasteiger partial charge on any atom is -0.398 e. The summed E-state index contributed by atoms with van der Waals surface area (Å²) in [4.78, 5) is 4.50. The molecule has 1 aliphatic heterocycles. The Labute approximate surface area is 99.7 Å². The van der Waals surface area contributed by atoms with Gasteiger partial charge >= 0.3 is 0 Å². The van der Waals surface area contributed by atoms with Crippen LogP contribution in [0, 0.1) is 0 Å². The van der Waals surface area contributed by atoms with Crippen LogP contribution >= 0.6 is 0 Å². The number of fused-ring (bicyclic) bond motifs is 1. The third-order valence-electron chi connectivity index (χ3n) is 3.22. The molecule has 88 valence electrons. The molecule has 0 fully saturated rings. The number of aliphatic hydroxyl groups is 1. The maximum atomic E-state index is 9.88. The molecule has 0 bridgehead atoms. The monoisotopic (exact) mass is 229 g/mol. The Morgan fingerprint density at radius 2 is 2.18 bits per heavy atom. The Hall–Kier alpha value is -1.81. The molecule has 1 aromatic heterocycles. The van der Waals surface area contributed by atoms with Crippen molar-refractivity contribution in [1.82, 2.24) is 9.55 Å². The molecular weight excluding hydrogens is 214 g/mol. The molecule has 0 radical (unpaired) electrons. The van der Waals surface area contributed by atoms with Gasteiger partial charge in [-0.05, 0) is 18.9 Å². The summed E-state index contributed by atoms with van der Waals surface area (Å²) in [6, 6.07) is 7.67. The first-order valence-electron chi connectivity index (χ1n) is 5.86. The van der Waals surface area contributed by atoms with Crippen LogP contribution in [0.4, 0.5) is 5.69 Å². The second-order valence-corrected chi connectivity index (χ2v) is 4.42. The van der Waals surface area contributed by atoms with Crippen molar-refractivity contribution in [1.29, 1.82) is 0 Å². The van der Waals surface area contributed by atoms with Crippen LogP contribution in [0.25, 0.3) is 11.3 Å². The molecule has 0 saturated carbocycles. The van der Waals surface area contributed by atoms with Crippen LogP contribution in [-0.4, -0.2) is 14.7 Å². The summed E-state index contributed by atoms with van der Waals surface area (Å²) < 4.78 is 2.02. The van der Waals surface area contributed by atoms with E-state index >= 15 is 0 Å². The number of benzene rings is 1. The first-order valence-corrected chi connectivity index (χ1v) is 5.86. The summed E-state index contributed by atoms with van der Waals surface area (Å²) in [5, 5.41) is 9.88. The number of nitrogen functional groups attached to an aromatic ring is 1. The van der Waals surface area contributed by atoms with E-state index in [4.69, 9.17) is 5.73 Å². The van der Waals surface area contributed by atoms with Gasteiger partial charge in [-0.1, -0.05) is 18.2 Å². The molecule has 1 aliphatic rings. The van der Waals surface area contributed by atoms with E-state index in [0.29, 0.717) is 0 Å². The number of aliphatic hydroxyl groups excluding tert-OH is 1. The Morgan fingerprint density at radius 1 is 1.35 bits per heavy atom. The normalized spacial score (nSPS) is 19.0. The predicted molar refractivity (Wildman–Crippen MR) is 66.3 cm³/mol. The van der Waals surface area contributed by atoms with Gasteiger partial charge in [-0.3, -0.25) is 0 Å². The second-order valence-electron chi connectivity index (χ2n) is 4.42. The molecule has 0 amide bonds. The van der Waals surface area contributed by atoms with Crippen LogP contribution in [0.2, 0.25) is 0 Å². The number of aromatic nitrogens is 2. The summed E-state index contributed by atoms with van der Waals surface area (Å²) in [6.45, 7) is 0.923. The largest absolute Gasteiger partial charge is 0.398 e. The molecule has 2 aromatic rings. The third-order valence-corrected chi connectivity index (χ3v) is 3.22. The summed E-state index contributed by atoms with van der Waals surface area (Å²) in [5.74, 6) is 0.759. The number of hydrogen-bond donors (Lipinski definition) is 2. The van der Waals surface area contributed by atoms with Crippen LogP contribution in [0.1, 0.15) is 24.8 Å². The second kappa shape index (κ2) is 3.89. The van der Waals surface area contributed by atoms with Crippen LogP contribution in [0.3, 0.4) is 0 Å². The molecule has 1 unspecified atom stereocenters. The van der Waals surface area contributed by atoms with E-state index in [9.17, 15) is 5.11 Å². The van der Waals surface area contributed by atoms with E-state index in [1.54, 1.807) is 0 Å². The quantitative estimate of drug-likeness (QED) is 0.735. The van der Waals surface area contributed by atoms with Crippen molar-refractivity contribution in [2.75, 3.05) is 5.73 Å². The highest BCUT2D eigenvalue weighted by molar-refractivity contribution is 5.73. The maximum absolute atomic E-state index is 9.88. The van der Waals surface area contributed by atoms with Gasteiger partial charge in [0.25, 0.3) is 0 Å². The van der Waals surface area contributed by atoms with Crippen LogP contribution in [0.15, 0.2) is 30.5 Å². The minimum absolute atomic E-state index is 0.442. The molecule has 2 heterocycles. The molecule has 1 aromatic carbocycles. The molecule has 4 nitrogen and oxygen atoms in total. The molecule has 0 spiro atoms. The fraction of sp³-hybridized carbons (Fsp3) is 0.308. The topological polar surface area (TPSA) is 64.1 Å². The van der Waals surface area contributed by atoms with Gasteiger partial charge in [0.2, 0.25) is 0 Å². The fourth-order valence-corrected chi connectivity index (χ4v) is 2.32. The van der Waals surface area contributed by atoms with E-state index in [1.807, 2.05) is 35.0 Å². The number of nitrogens with zero attached hydrogens (tertiary/aromatic N) is 2. The van der Waals surface area contributed by atoms with E-state index in [0.717, 1.165) is 42.2 Å². The van der Waals surface area contributed by atoms with Crippen molar-refractivity contribution in [2.45, 2.75) is 25.5 Å². The predicted octanol–water partition coefficient (Wildman–Crippen LogP) is 1.96. The van der Waals surface area contributed by atoms with Crippen LogP contribution in [-0.2, 0) is 6.54 Å². The molecule has 4 heteroatoms. The highest BCUT2D eigenvalue weighted by Gasteiger charge is 2.21. The average Bonchev–Trinajstić information content (AvgIpc) is 2.75. The molecule has 1 atom stereocenters. The van der Waals surface area contributed by atoms with Gasteiger partial charge in [0, 0.05) is 24.0 Å². The zero-order valence-corrected chi connectivity index (χ0v) is 9.50. The van der Waals surface area contributed by atoms with Crippen molar-refractivity contribution in [3.05, 3.63) is 36.3 Å². The molecule has 0 saturated heterocycles. The van der Waals surface area contributed by atoms with E-state index in [-0.39, 0.29) is 0 Å². The zero-order valence-electron chi connectivity index (χ0n) is 9.50. The SMILES string of the molecule is Nc1ccccc1-c1cn2c(n1)C(O)CCC2. The Bertz CT molecular complexity index is 547. The highest BCUT2D eigenvalue weighted by atomic mass is 16.3. The maximum Gasteiger partial charge on any atom is 0.138 e. The van der Waals surface area contributed by atoms with Crippen LogP contribution in [0.5, 0.6) is 0 Å². The number of aryl methyl sites for hydroxylation is 1. The van der Waals surface area contributed by atoms with E-state index in [2.05, 4.69) is 4.98 Å². The Balaban J connectivity index is 2.08. The number of hydrogen-bond acceptors (Lipinski definition) is 3. The van der Waals surface area contributed by atoms with Crippen molar-refractivity contribution in [3.8, 4) is 11.3 Å². The van der Waals surface area contributed by atoms with Gasteiger partial charge in [-0.15, -0.1) is 0 Å². The van der Waals surface area contributed by atoms with Gasteiger partial charge in [0.15, 0.2) is 0 Å². The molecule has 0 aliphatic carbocycles. The lowest BCUT2D eigenvalue weighted by molar-refractivity contribution is 0.134. The molecule has 3 N–H and O–H groups in total. The molecule has 17 heavy (non-hydrogen) atoms. The van der Waals surface area contributed by atoms with Gasteiger partial charge in [-0.25, -0.2) is 4.98 Å². The summed E-state index contributed by atoms with van der Waals surface area (Å²) in [7, 11) is 0. The lowest BCUT2D eigenvalue weighted by Crippen LogP contribution is -2.14. The summed E-state index contributed by atoms with van der Waals surface area (Å²) in [5.41, 5.74) is 8.43. The van der Waals surface area contributed by atoms with Crippen molar-refractivity contribution >= 4 is 5.69 Å². The first-order chi connectivity index (χ1) is 8.25. The van der Waals surface area contributed by atoms with Crippen molar-refractivity contribution < 1.29 is 5.11 Å². The van der Waals surface area contributed by atoms with E-state index in [1.165, 1.54) is 0 Å². The number of anilines is 1. The number of nitrogens with two attached hydrogens (primary N) is 1. The fourth-order valence-electron chi connectivity index (χ4n) is 2.32. The van der Waals surface area contributed by atoms with Gasteiger partial charge in [-0.2, -0.15) is 0 Å². The Morgan fingerprint density at radius 3 is 2.94 bits per heavy atom. The number of rotatable bonds is 1. The lowest BCUT2D eigenvalue weighted by atomic mass is 10.1. The molecular formula is C13H15N3O. The minimum atomic E-state index is -0.442. The first kappa shape index (κ1) is 10.4. The smallest absolute Gasteiger partial charge is 0.138 e. The van der Waals surface area contributed by atoms with Gasteiger partial charge in [0.1, 0.15) is 11.9 Å². The summed E-state index contributed by atoms with van der Waals surface area (Å²) >= 11 is 0. The standard InChI is InChI=1S/C13H15N3O/c14-10-5-2-1-4-9(10)11-8-16-7-3-6-12(17)13(16)15-11/h1-2,4-5,8,12,17H,3,6-7,14H2. The van der Waals surface area contributed by atoms with Crippen LogP contribution < -0.4 is 5.73 Å². The Kier molecular flexibility index (Phi) is 2.37. The lowest BCUT2D eigenvalue weighted by Gasteiger charge is -2.18. The van der Waals surface area contributed by atoms with E-state index < -0.39 is 6.10 Å². The van der Waals surface area contributed by atoms with Gasteiger partial charge in [0.05, 0.1) is 5.69 Å². The highest BCUT2D eigenvalue weighted by Crippen LogP contribution is 2.30. The average molecular weight is 229 g/mol. The summed E-state index contributed by atoms with van der Waals surface area (Å²) in [6.07, 6.45) is 3.32. The number of imidazole rings is 1. The number of para-hydroxylation sites is 1. The van der Waals surface area contributed by atoms with Crippen molar-refractivity contribution in [3.63, 3.8) is 0 Å². The van der Waals surface area contributed by atoms with Crippen molar-refractivity contribution in [2.24, 2.45) is 0 Å². The van der Waals surface area contributed by atoms with Gasteiger partial charge < -0.3 is 15.4 Å².